The summed E-state index contributed by atoms with van der Waals surface area (Å²) in [5.41, 5.74) is 0. The number of carboxylic acid groups (broad SMARTS) is 2. The molecule has 0 aliphatic rings. The van der Waals surface area contributed by atoms with Gasteiger partial charge in [-0.2, -0.15) is 0 Å². The predicted octanol–water partition coefficient (Wildman–Crippen LogP) is -1.82. The zero-order chi connectivity index (χ0) is 7.15. The molecule has 0 aliphatic carbocycles. The zero-order valence-corrected chi connectivity index (χ0v) is 5.02. The van der Waals surface area contributed by atoms with Gasteiger partial charge in [0, 0.05) is 0 Å². The van der Waals surface area contributed by atoms with Crippen molar-refractivity contribution in [2.75, 3.05) is 0 Å². The van der Waals surface area contributed by atoms with E-state index in [1.807, 2.05) is 16.5 Å². The minimum atomic E-state index is -1.82. The van der Waals surface area contributed by atoms with E-state index < -0.39 is 11.9 Å². The summed E-state index contributed by atoms with van der Waals surface area (Å²) in [6.45, 7) is 0. The summed E-state index contributed by atoms with van der Waals surface area (Å²) in [5, 5.41) is 14.8. The lowest BCUT2D eigenvalue weighted by atomic mass is 10.7. The van der Waals surface area contributed by atoms with E-state index in [1.54, 1.807) is 0 Å². The number of nitrogens with two attached hydrogens (primary N) is 1. The van der Waals surface area contributed by atoms with Gasteiger partial charge in [-0.25, -0.2) is 9.59 Å². The van der Waals surface area contributed by atoms with Crippen LogP contribution in [0.15, 0.2) is 0 Å². The van der Waals surface area contributed by atoms with Gasteiger partial charge in [-0.05, 0) is 0 Å². The van der Waals surface area contributed by atoms with Crippen molar-refractivity contribution in [2.24, 2.45) is 4.72 Å². The molecule has 0 saturated heterocycles. The molecule has 0 amide bonds. The van der Waals surface area contributed by atoms with Crippen LogP contribution in [0.4, 0.5) is 0 Å². The number of hydrogen-bond acceptors (Lipinski definition) is 3. The van der Waals surface area contributed by atoms with Crippen molar-refractivity contribution in [1.29, 1.82) is 0 Å². The Labute approximate surface area is 53.7 Å². The number of hydrogen-bond donors (Lipinski definition) is 3. The normalized spacial score (nSPS) is 6.12. The first-order valence-corrected chi connectivity index (χ1v) is 2.11. The van der Waals surface area contributed by atoms with Crippen molar-refractivity contribution in [3.8, 4) is 0 Å². The highest BCUT2D eigenvalue weighted by molar-refractivity contribution is 6.27. The Hall–Kier alpha value is -0.568. The molecule has 0 aromatic heterocycles. The van der Waals surface area contributed by atoms with Gasteiger partial charge in [-0.3, -0.25) is 0 Å². The van der Waals surface area contributed by atoms with Crippen molar-refractivity contribution >= 4 is 28.4 Å². The predicted molar refractivity (Wildman–Crippen MR) is 25.2 cm³/mol. The fourth-order valence-corrected chi connectivity index (χ4v) is 0. The summed E-state index contributed by atoms with van der Waals surface area (Å²) in [4.78, 5) is 18.2. The monoisotopic (exact) mass is 133 g/mol. The second-order valence-electron chi connectivity index (χ2n) is 0.610. The topological polar surface area (TPSA) is 101 Å². The van der Waals surface area contributed by atoms with Crippen molar-refractivity contribution in [3.63, 3.8) is 0 Å². The van der Waals surface area contributed by atoms with Crippen LogP contribution in [0.2, 0.25) is 0 Å². The first-order chi connectivity index (χ1) is 3.64. The lowest BCUT2D eigenvalue weighted by Crippen LogP contribution is -2.09. The van der Waals surface area contributed by atoms with Crippen LogP contribution >= 0.6 is 0 Å². The van der Waals surface area contributed by atoms with Gasteiger partial charge in [0.1, 0.15) is 0 Å². The van der Waals surface area contributed by atoms with Crippen LogP contribution in [-0.4, -0.2) is 38.7 Å². The van der Waals surface area contributed by atoms with E-state index in [9.17, 15) is 0 Å². The summed E-state index contributed by atoms with van der Waals surface area (Å²) >= 11 is 1.92. The van der Waals surface area contributed by atoms with E-state index in [1.165, 1.54) is 0 Å². The van der Waals surface area contributed by atoms with Crippen molar-refractivity contribution in [3.05, 3.63) is 0 Å². The molecular formula is C2H4AlNO4. The van der Waals surface area contributed by atoms with Gasteiger partial charge < -0.3 is 14.9 Å². The van der Waals surface area contributed by atoms with Crippen LogP contribution in [0.25, 0.3) is 0 Å². The molecule has 8 heavy (non-hydrogen) atoms. The van der Waals surface area contributed by atoms with Crippen LogP contribution in [0.5, 0.6) is 0 Å². The van der Waals surface area contributed by atoms with Gasteiger partial charge in [-0.15, -0.1) is 0 Å². The van der Waals surface area contributed by atoms with E-state index in [-0.39, 0.29) is 0 Å². The molecule has 4 N–H and O–H groups in total. The molecule has 0 unspecified atom stereocenters. The summed E-state index contributed by atoms with van der Waals surface area (Å²) in [5.74, 6) is -3.65. The summed E-state index contributed by atoms with van der Waals surface area (Å²) in [7, 11) is 0. The van der Waals surface area contributed by atoms with Crippen molar-refractivity contribution in [1.82, 2.24) is 0 Å². The number of carboxylic acids is 2. The number of aliphatic carboxylic acids is 2. The Morgan fingerprint density at radius 1 is 1.12 bits per heavy atom. The van der Waals surface area contributed by atoms with Gasteiger partial charge in [0.15, 0.2) is 0 Å². The highest BCUT2D eigenvalue weighted by atomic mass is 27.1. The van der Waals surface area contributed by atoms with Gasteiger partial charge >= 0.3 is 11.9 Å². The standard InChI is InChI=1S/C2H2O4.Al.H2N/c3-1(4)2(5)6;;/h(H,3,4)(H,5,6);;1H2/q;+1;-1. The average molecular weight is 133 g/mol. The SMILES string of the molecule is O=C(O)C(=O)O.[NH2][Al]. The van der Waals surface area contributed by atoms with Gasteiger partial charge in [0.25, 0.3) is 0 Å². The highest BCUT2D eigenvalue weighted by Crippen LogP contribution is 1.56. The minimum Gasteiger partial charge on any atom is -0.473 e. The maximum atomic E-state index is 9.10. The molecule has 0 fully saturated rings. The largest absolute Gasteiger partial charge is 0.473 e. The molecule has 0 spiro atoms. The Bertz CT molecular complexity index is 80.0. The molecule has 0 aromatic rings. The molecule has 44 valence electrons. The average Bonchev–Trinajstić information content (AvgIpc) is 1.72. The van der Waals surface area contributed by atoms with Crippen molar-refractivity contribution < 1.29 is 19.8 Å². The third-order valence-corrected chi connectivity index (χ3v) is 0.183. The molecule has 0 rings (SSSR count). The van der Waals surface area contributed by atoms with Crippen LogP contribution in [-0.2, 0) is 9.59 Å². The third-order valence-electron chi connectivity index (χ3n) is 0.183. The van der Waals surface area contributed by atoms with Gasteiger partial charge in [-0.1, -0.05) is 0 Å². The Morgan fingerprint density at radius 2 is 1.25 bits per heavy atom. The second kappa shape index (κ2) is 6.43. The Kier molecular flexibility index (Phi) is 8.38. The smallest absolute Gasteiger partial charge is 0.414 e. The fraction of sp³-hybridized carbons (Fsp3) is 0. The summed E-state index contributed by atoms with van der Waals surface area (Å²) in [6, 6.07) is 0. The summed E-state index contributed by atoms with van der Waals surface area (Å²) in [6.07, 6.45) is 0. The van der Waals surface area contributed by atoms with E-state index >= 15 is 0 Å². The lowest BCUT2D eigenvalue weighted by Gasteiger charge is -1.72. The van der Waals surface area contributed by atoms with E-state index in [2.05, 4.69) is 4.72 Å². The molecule has 0 atom stereocenters. The van der Waals surface area contributed by atoms with E-state index in [0.717, 1.165) is 0 Å². The van der Waals surface area contributed by atoms with Crippen molar-refractivity contribution in [2.45, 2.75) is 0 Å². The van der Waals surface area contributed by atoms with Crippen LogP contribution < -0.4 is 4.72 Å². The fourth-order valence-electron chi connectivity index (χ4n) is 0. The maximum Gasteiger partial charge on any atom is 0.414 e. The summed E-state index contributed by atoms with van der Waals surface area (Å²) < 4.78 is 4.42. The Morgan fingerprint density at radius 3 is 1.25 bits per heavy atom. The first kappa shape index (κ1) is 10.4. The molecule has 0 aromatic carbocycles. The van der Waals surface area contributed by atoms with Crippen LogP contribution in [0, 0.1) is 0 Å². The number of carbonyl (C=O) groups is 2. The van der Waals surface area contributed by atoms with E-state index in [0.29, 0.717) is 0 Å². The van der Waals surface area contributed by atoms with E-state index in [4.69, 9.17) is 19.8 Å². The molecule has 2 radical (unpaired) electrons. The Balaban J connectivity index is 0. The van der Waals surface area contributed by atoms with Gasteiger partial charge in [0.05, 0.1) is 0 Å². The molecule has 0 saturated carbocycles. The molecule has 5 nitrogen and oxygen atoms in total. The molecule has 0 heterocycles. The minimum absolute atomic E-state index is 1.82. The quantitative estimate of drug-likeness (QED) is 0.267. The third kappa shape index (κ3) is 9.06. The molecule has 0 bridgehead atoms. The molecular weight excluding hydrogens is 129 g/mol. The van der Waals surface area contributed by atoms with Crippen LogP contribution in [0.1, 0.15) is 0 Å². The van der Waals surface area contributed by atoms with Crippen LogP contribution in [0.3, 0.4) is 0 Å². The lowest BCUT2D eigenvalue weighted by molar-refractivity contribution is -0.159. The maximum absolute atomic E-state index is 9.10. The zero-order valence-electron chi connectivity index (χ0n) is 3.87. The second-order valence-corrected chi connectivity index (χ2v) is 0.610. The van der Waals surface area contributed by atoms with Gasteiger partial charge in [0.2, 0.25) is 16.5 Å². The molecule has 6 heteroatoms. The number of rotatable bonds is 0. The highest BCUT2D eigenvalue weighted by Gasteiger charge is 2.04. The first-order valence-electron chi connectivity index (χ1n) is 1.44. The molecule has 0 aliphatic heterocycles.